The van der Waals surface area contributed by atoms with Gasteiger partial charge in [0.2, 0.25) is 0 Å². The molecule has 2 fully saturated rings. The van der Waals surface area contributed by atoms with Crippen molar-refractivity contribution in [2.75, 3.05) is 0 Å². The summed E-state index contributed by atoms with van der Waals surface area (Å²) < 4.78 is 2.21. The average Bonchev–Trinajstić information content (AvgIpc) is 3.06. The molecular weight excluding hydrogens is 244 g/mol. The second-order valence-corrected chi connectivity index (χ2v) is 6.70. The molecule has 3 atom stereocenters. The Hall–Kier alpha value is -0.500. The molecular formula is C15H23ClN2. The van der Waals surface area contributed by atoms with E-state index in [2.05, 4.69) is 23.9 Å². The van der Waals surface area contributed by atoms with Crippen LogP contribution >= 0.6 is 11.6 Å². The van der Waals surface area contributed by atoms with Crippen molar-refractivity contribution in [2.24, 2.45) is 11.8 Å². The Bertz CT molecular complexity index is 395. The molecule has 0 N–H and O–H groups in total. The van der Waals surface area contributed by atoms with Crippen LogP contribution in [0.25, 0.3) is 0 Å². The van der Waals surface area contributed by atoms with E-state index in [1.807, 2.05) is 0 Å². The highest BCUT2D eigenvalue weighted by Crippen LogP contribution is 2.37. The molecule has 0 saturated heterocycles. The molecule has 0 aliphatic heterocycles. The molecule has 2 nitrogen and oxygen atoms in total. The Morgan fingerprint density at radius 3 is 2.72 bits per heavy atom. The van der Waals surface area contributed by atoms with E-state index >= 15 is 0 Å². The summed E-state index contributed by atoms with van der Waals surface area (Å²) in [6.07, 6.45) is 11.1. The predicted molar refractivity (Wildman–Crippen MR) is 75.0 cm³/mol. The summed E-state index contributed by atoms with van der Waals surface area (Å²) in [7, 11) is 0. The van der Waals surface area contributed by atoms with E-state index < -0.39 is 0 Å². The fourth-order valence-electron chi connectivity index (χ4n) is 3.61. The number of halogens is 1. The monoisotopic (exact) mass is 266 g/mol. The van der Waals surface area contributed by atoms with Gasteiger partial charge in [0.1, 0.15) is 0 Å². The summed E-state index contributed by atoms with van der Waals surface area (Å²) in [5.41, 5.74) is 1.27. The molecule has 3 rings (SSSR count). The van der Waals surface area contributed by atoms with Crippen molar-refractivity contribution in [3.05, 3.63) is 18.0 Å². The number of aromatic nitrogens is 2. The lowest BCUT2D eigenvalue weighted by atomic mass is 9.93. The van der Waals surface area contributed by atoms with Crippen molar-refractivity contribution in [2.45, 2.75) is 63.3 Å². The minimum atomic E-state index is 0.381. The lowest BCUT2D eigenvalue weighted by Crippen LogP contribution is -2.14. The third kappa shape index (κ3) is 2.45. The highest BCUT2D eigenvalue weighted by molar-refractivity contribution is 6.20. The van der Waals surface area contributed by atoms with Crippen molar-refractivity contribution in [3.63, 3.8) is 0 Å². The van der Waals surface area contributed by atoms with Crippen LogP contribution in [0.3, 0.4) is 0 Å². The molecule has 1 heterocycles. The molecule has 2 aliphatic carbocycles. The summed E-state index contributed by atoms with van der Waals surface area (Å²) in [5, 5.41) is 5.17. The smallest absolute Gasteiger partial charge is 0.0627 e. The van der Waals surface area contributed by atoms with E-state index in [1.54, 1.807) is 0 Å². The molecule has 2 aliphatic rings. The quantitative estimate of drug-likeness (QED) is 0.750. The van der Waals surface area contributed by atoms with Gasteiger partial charge in [0, 0.05) is 11.6 Å². The Morgan fingerprint density at radius 2 is 2.06 bits per heavy atom. The van der Waals surface area contributed by atoms with Gasteiger partial charge in [-0.1, -0.05) is 19.8 Å². The summed E-state index contributed by atoms with van der Waals surface area (Å²) in [6.45, 7) is 2.29. The lowest BCUT2D eigenvalue weighted by molar-refractivity contribution is 0.407. The lowest BCUT2D eigenvalue weighted by Gasteiger charge is -2.15. The average molecular weight is 267 g/mol. The van der Waals surface area contributed by atoms with Gasteiger partial charge < -0.3 is 0 Å². The molecule has 100 valence electrons. The standard InChI is InChI=1S/C15H23ClN2/c1-11-12(6-7-15(11)16)10-13-8-9-18(17-13)14-4-2-3-5-14/h8-9,11-12,14-15H,2-7,10H2,1H3. The summed E-state index contributed by atoms with van der Waals surface area (Å²) in [6, 6.07) is 2.88. The van der Waals surface area contributed by atoms with E-state index in [-0.39, 0.29) is 0 Å². The molecule has 0 aromatic carbocycles. The highest BCUT2D eigenvalue weighted by Gasteiger charge is 2.31. The first-order chi connectivity index (χ1) is 8.74. The first-order valence-electron chi connectivity index (χ1n) is 7.42. The van der Waals surface area contributed by atoms with Crippen LogP contribution in [0.2, 0.25) is 0 Å². The number of hydrogen-bond donors (Lipinski definition) is 0. The van der Waals surface area contributed by atoms with Crippen molar-refractivity contribution in [1.82, 2.24) is 9.78 Å². The van der Waals surface area contributed by atoms with E-state index in [1.165, 1.54) is 44.2 Å². The van der Waals surface area contributed by atoms with Gasteiger partial charge in [0.05, 0.1) is 11.7 Å². The van der Waals surface area contributed by atoms with Crippen LogP contribution in [-0.4, -0.2) is 15.2 Å². The topological polar surface area (TPSA) is 17.8 Å². The SMILES string of the molecule is CC1C(Cl)CCC1Cc1ccn(C2CCCC2)n1. The summed E-state index contributed by atoms with van der Waals surface area (Å²) in [5.74, 6) is 1.38. The van der Waals surface area contributed by atoms with Crippen LogP contribution in [0.5, 0.6) is 0 Å². The second-order valence-electron chi connectivity index (χ2n) is 6.14. The van der Waals surface area contributed by atoms with Crippen LogP contribution in [0.4, 0.5) is 0 Å². The van der Waals surface area contributed by atoms with E-state index in [9.17, 15) is 0 Å². The van der Waals surface area contributed by atoms with E-state index in [0.717, 1.165) is 12.3 Å². The molecule has 1 aromatic heterocycles. The molecule has 0 radical (unpaired) electrons. The van der Waals surface area contributed by atoms with Crippen molar-refractivity contribution in [1.29, 1.82) is 0 Å². The molecule has 0 bridgehead atoms. The number of nitrogens with zero attached hydrogens (tertiary/aromatic N) is 2. The van der Waals surface area contributed by atoms with Gasteiger partial charge in [-0.2, -0.15) is 5.10 Å². The maximum Gasteiger partial charge on any atom is 0.0627 e. The van der Waals surface area contributed by atoms with Crippen molar-refractivity contribution >= 4 is 11.6 Å². The van der Waals surface area contributed by atoms with E-state index in [4.69, 9.17) is 16.7 Å². The first-order valence-corrected chi connectivity index (χ1v) is 7.86. The molecule has 3 unspecified atom stereocenters. The third-order valence-corrected chi connectivity index (χ3v) is 5.58. The van der Waals surface area contributed by atoms with Crippen molar-refractivity contribution < 1.29 is 0 Å². The van der Waals surface area contributed by atoms with Gasteiger partial charge in [-0.25, -0.2) is 0 Å². The Kier molecular flexibility index (Phi) is 3.65. The molecule has 1 aromatic rings. The predicted octanol–water partition coefficient (Wildman–Crippen LogP) is 4.19. The molecule has 18 heavy (non-hydrogen) atoms. The van der Waals surface area contributed by atoms with Crippen LogP contribution in [0, 0.1) is 11.8 Å². The zero-order chi connectivity index (χ0) is 12.5. The van der Waals surface area contributed by atoms with Gasteiger partial charge in [0.25, 0.3) is 0 Å². The number of hydrogen-bond acceptors (Lipinski definition) is 1. The normalized spacial score (nSPS) is 33.3. The van der Waals surface area contributed by atoms with Gasteiger partial charge in [-0.15, -0.1) is 11.6 Å². The second kappa shape index (κ2) is 5.24. The van der Waals surface area contributed by atoms with Crippen LogP contribution in [0.15, 0.2) is 12.3 Å². The molecule has 0 amide bonds. The highest BCUT2D eigenvalue weighted by atomic mass is 35.5. The minimum Gasteiger partial charge on any atom is -0.269 e. The van der Waals surface area contributed by atoms with Gasteiger partial charge >= 0.3 is 0 Å². The van der Waals surface area contributed by atoms with Gasteiger partial charge in [0.15, 0.2) is 0 Å². The largest absolute Gasteiger partial charge is 0.269 e. The maximum absolute atomic E-state index is 6.31. The van der Waals surface area contributed by atoms with Crippen LogP contribution in [0.1, 0.15) is 57.2 Å². The van der Waals surface area contributed by atoms with Gasteiger partial charge in [-0.05, 0) is 50.0 Å². The Morgan fingerprint density at radius 1 is 1.28 bits per heavy atom. The van der Waals surface area contributed by atoms with Gasteiger partial charge in [-0.3, -0.25) is 4.68 Å². The molecule has 3 heteroatoms. The molecule has 2 saturated carbocycles. The van der Waals surface area contributed by atoms with E-state index in [0.29, 0.717) is 17.3 Å². The van der Waals surface area contributed by atoms with Crippen LogP contribution < -0.4 is 0 Å². The maximum atomic E-state index is 6.31. The summed E-state index contributed by atoms with van der Waals surface area (Å²) in [4.78, 5) is 0. The molecule has 0 spiro atoms. The van der Waals surface area contributed by atoms with Crippen LogP contribution in [-0.2, 0) is 6.42 Å². The minimum absolute atomic E-state index is 0.381. The first kappa shape index (κ1) is 12.5. The number of rotatable bonds is 3. The fourth-order valence-corrected chi connectivity index (χ4v) is 3.94. The summed E-state index contributed by atoms with van der Waals surface area (Å²) >= 11 is 6.31. The third-order valence-electron chi connectivity index (χ3n) is 4.96. The zero-order valence-electron chi connectivity index (χ0n) is 11.2. The Balaban J connectivity index is 1.63. The van der Waals surface area contributed by atoms with Crippen molar-refractivity contribution in [3.8, 4) is 0 Å². The zero-order valence-corrected chi connectivity index (χ0v) is 11.9. The fraction of sp³-hybridized carbons (Fsp3) is 0.800. The number of alkyl halides is 1. The Labute approximate surface area is 115 Å².